The summed E-state index contributed by atoms with van der Waals surface area (Å²) in [5.74, 6) is -0.159. The molecule has 0 saturated carbocycles. The normalized spacial score (nSPS) is 12.3. The second kappa shape index (κ2) is 8.91. The number of nitrogens with one attached hydrogen (secondary N) is 1. The Bertz CT molecular complexity index is 747. The van der Waals surface area contributed by atoms with Gasteiger partial charge < -0.3 is 5.32 Å². The van der Waals surface area contributed by atoms with E-state index in [9.17, 15) is 4.79 Å². The average molecular weight is 400 g/mol. The minimum absolute atomic E-state index is 0.159. The molecule has 3 nitrogen and oxygen atoms in total. The molecule has 1 N–H and O–H groups in total. The van der Waals surface area contributed by atoms with E-state index in [4.69, 9.17) is 34.8 Å². The zero-order valence-corrected chi connectivity index (χ0v) is 16.7. The third-order valence-electron chi connectivity index (χ3n) is 4.17. The van der Waals surface area contributed by atoms with Crippen LogP contribution in [0.5, 0.6) is 0 Å². The van der Waals surface area contributed by atoms with Crippen molar-refractivity contribution in [1.29, 1.82) is 0 Å². The highest BCUT2D eigenvalue weighted by Crippen LogP contribution is 2.32. The monoisotopic (exact) mass is 398 g/mol. The lowest BCUT2D eigenvalue weighted by Gasteiger charge is -2.24. The van der Waals surface area contributed by atoms with Crippen molar-refractivity contribution >= 4 is 46.4 Å². The lowest BCUT2D eigenvalue weighted by Crippen LogP contribution is -2.39. The van der Waals surface area contributed by atoms with Crippen molar-refractivity contribution < 1.29 is 4.79 Å². The summed E-state index contributed by atoms with van der Waals surface area (Å²) in [6.45, 7) is 4.65. The molecule has 0 aliphatic rings. The van der Waals surface area contributed by atoms with Crippen LogP contribution in [-0.4, -0.2) is 23.9 Å². The van der Waals surface area contributed by atoms with E-state index in [1.54, 1.807) is 6.07 Å². The summed E-state index contributed by atoms with van der Waals surface area (Å²) in [6.07, 6.45) is 1.01. The highest BCUT2D eigenvalue weighted by molar-refractivity contribution is 6.44. The van der Waals surface area contributed by atoms with E-state index in [0.717, 1.165) is 12.0 Å². The second-order valence-electron chi connectivity index (χ2n) is 6.00. The number of nitrogens with zero attached hydrogens (tertiary/aromatic N) is 1. The fourth-order valence-electron chi connectivity index (χ4n) is 2.36. The Labute approximate surface area is 163 Å². The van der Waals surface area contributed by atoms with E-state index >= 15 is 0 Å². The predicted octanol–water partition coefficient (Wildman–Crippen LogP) is 5.67. The van der Waals surface area contributed by atoms with Crippen LogP contribution in [0.4, 0.5) is 5.69 Å². The van der Waals surface area contributed by atoms with E-state index in [2.05, 4.69) is 36.5 Å². The van der Waals surface area contributed by atoms with Gasteiger partial charge in [-0.1, -0.05) is 66.0 Å². The lowest BCUT2D eigenvalue weighted by atomic mass is 10.1. The van der Waals surface area contributed by atoms with Crippen LogP contribution in [-0.2, 0) is 17.8 Å². The van der Waals surface area contributed by atoms with Crippen LogP contribution < -0.4 is 5.32 Å². The molecule has 2 aromatic carbocycles. The number of hydrogen-bond donors (Lipinski definition) is 1. The van der Waals surface area contributed by atoms with E-state index in [0.29, 0.717) is 27.3 Å². The fourth-order valence-corrected chi connectivity index (χ4v) is 2.96. The van der Waals surface area contributed by atoms with E-state index < -0.39 is 0 Å². The van der Waals surface area contributed by atoms with Crippen LogP contribution in [0.25, 0.3) is 0 Å². The first-order valence-electron chi connectivity index (χ1n) is 8.05. The van der Waals surface area contributed by atoms with Gasteiger partial charge in [0.15, 0.2) is 0 Å². The molecule has 25 heavy (non-hydrogen) atoms. The van der Waals surface area contributed by atoms with Gasteiger partial charge in [-0.05, 0) is 43.7 Å². The van der Waals surface area contributed by atoms with Crippen molar-refractivity contribution in [2.75, 3.05) is 12.4 Å². The van der Waals surface area contributed by atoms with Crippen molar-refractivity contribution in [3.8, 4) is 0 Å². The van der Waals surface area contributed by atoms with Crippen molar-refractivity contribution in [3.05, 3.63) is 62.6 Å². The summed E-state index contributed by atoms with van der Waals surface area (Å²) >= 11 is 18.0. The Hall–Kier alpha value is -1.26. The third kappa shape index (κ3) is 5.35. The Morgan fingerprint density at radius 3 is 2.20 bits per heavy atom. The van der Waals surface area contributed by atoms with E-state index in [1.165, 1.54) is 11.6 Å². The molecule has 0 aromatic heterocycles. The van der Waals surface area contributed by atoms with Gasteiger partial charge in [-0.2, -0.15) is 0 Å². The molecular formula is C19H21Cl3N2O. The zero-order valence-electron chi connectivity index (χ0n) is 14.4. The van der Waals surface area contributed by atoms with Gasteiger partial charge in [0.2, 0.25) is 5.91 Å². The van der Waals surface area contributed by atoms with Crippen molar-refractivity contribution in [1.82, 2.24) is 4.90 Å². The average Bonchev–Trinajstić information content (AvgIpc) is 2.59. The molecule has 0 spiro atoms. The quantitative estimate of drug-likeness (QED) is 0.635. The molecule has 0 heterocycles. The molecule has 0 unspecified atom stereocenters. The maximum atomic E-state index is 12.5. The van der Waals surface area contributed by atoms with E-state index in [-0.39, 0.29) is 11.9 Å². The van der Waals surface area contributed by atoms with Crippen molar-refractivity contribution in [2.24, 2.45) is 0 Å². The molecule has 0 radical (unpaired) electrons. The van der Waals surface area contributed by atoms with Gasteiger partial charge in [-0.15, -0.1) is 0 Å². The maximum Gasteiger partial charge on any atom is 0.241 e. The number of likely N-dealkylation sites (N-methyl/N-ethyl adjacent to an activating group) is 1. The lowest BCUT2D eigenvalue weighted by molar-refractivity contribution is -0.120. The Morgan fingerprint density at radius 1 is 1.04 bits per heavy atom. The van der Waals surface area contributed by atoms with Crippen LogP contribution in [0, 0.1) is 0 Å². The smallest absolute Gasteiger partial charge is 0.241 e. The summed E-state index contributed by atoms with van der Waals surface area (Å²) in [4.78, 5) is 14.5. The zero-order chi connectivity index (χ0) is 18.6. The number of benzene rings is 2. The summed E-state index contributed by atoms with van der Waals surface area (Å²) in [6, 6.07) is 11.2. The number of hydrogen-bond acceptors (Lipinski definition) is 2. The fraction of sp³-hybridized carbons (Fsp3) is 0.316. The van der Waals surface area contributed by atoms with Crippen molar-refractivity contribution in [3.63, 3.8) is 0 Å². The van der Waals surface area contributed by atoms with Crippen LogP contribution in [0.1, 0.15) is 25.0 Å². The van der Waals surface area contributed by atoms with Gasteiger partial charge in [-0.3, -0.25) is 9.69 Å². The number of aryl methyl sites for hydroxylation is 1. The molecule has 1 amide bonds. The van der Waals surface area contributed by atoms with Gasteiger partial charge in [0.1, 0.15) is 0 Å². The SMILES string of the molecule is CCc1ccc(CN(C)[C@@H](C)C(=O)Nc2cc(Cl)c(Cl)cc2Cl)cc1. The summed E-state index contributed by atoms with van der Waals surface area (Å²) < 4.78 is 0. The highest BCUT2D eigenvalue weighted by atomic mass is 35.5. The molecule has 2 rings (SSSR count). The summed E-state index contributed by atoms with van der Waals surface area (Å²) in [5, 5.41) is 3.86. The first-order chi connectivity index (χ1) is 11.8. The molecule has 0 aliphatic carbocycles. The number of carbonyl (C=O) groups is 1. The molecule has 0 saturated heterocycles. The van der Waals surface area contributed by atoms with Crippen LogP contribution in [0.15, 0.2) is 36.4 Å². The first kappa shape index (κ1) is 20.1. The maximum absolute atomic E-state index is 12.5. The predicted molar refractivity (Wildman–Crippen MR) is 107 cm³/mol. The summed E-state index contributed by atoms with van der Waals surface area (Å²) in [5.41, 5.74) is 2.91. The standard InChI is InChI=1S/C19H21Cl3N2O/c1-4-13-5-7-14(8-6-13)11-24(3)12(2)19(25)23-18-10-16(21)15(20)9-17(18)22/h5-10,12H,4,11H2,1-3H3,(H,23,25)/t12-/m0/s1. The topological polar surface area (TPSA) is 32.3 Å². The third-order valence-corrected chi connectivity index (χ3v) is 5.21. The Kier molecular flexibility index (Phi) is 7.14. The van der Waals surface area contributed by atoms with Crippen LogP contribution in [0.3, 0.4) is 0 Å². The number of anilines is 1. The van der Waals surface area contributed by atoms with Gasteiger partial charge in [0, 0.05) is 6.54 Å². The van der Waals surface area contributed by atoms with Crippen LogP contribution in [0.2, 0.25) is 15.1 Å². The van der Waals surface area contributed by atoms with E-state index in [1.807, 2.05) is 18.9 Å². The molecule has 0 fully saturated rings. The molecule has 0 aliphatic heterocycles. The molecule has 1 atom stereocenters. The van der Waals surface area contributed by atoms with Gasteiger partial charge in [0.25, 0.3) is 0 Å². The molecule has 6 heteroatoms. The number of halogens is 3. The first-order valence-corrected chi connectivity index (χ1v) is 9.18. The van der Waals surface area contributed by atoms with Gasteiger partial charge in [0.05, 0.1) is 26.8 Å². The number of amides is 1. The number of carbonyl (C=O) groups excluding carboxylic acids is 1. The highest BCUT2D eigenvalue weighted by Gasteiger charge is 2.19. The molecule has 2 aromatic rings. The minimum Gasteiger partial charge on any atom is -0.323 e. The van der Waals surface area contributed by atoms with Gasteiger partial charge in [-0.25, -0.2) is 0 Å². The van der Waals surface area contributed by atoms with Crippen molar-refractivity contribution in [2.45, 2.75) is 32.9 Å². The minimum atomic E-state index is -0.337. The molecule has 0 bridgehead atoms. The second-order valence-corrected chi connectivity index (χ2v) is 7.22. The molecular weight excluding hydrogens is 379 g/mol. The Balaban J connectivity index is 2.02. The summed E-state index contributed by atoms with van der Waals surface area (Å²) in [7, 11) is 1.91. The number of rotatable bonds is 6. The van der Waals surface area contributed by atoms with Gasteiger partial charge >= 0.3 is 0 Å². The van der Waals surface area contributed by atoms with Crippen LogP contribution >= 0.6 is 34.8 Å². The Morgan fingerprint density at radius 2 is 1.60 bits per heavy atom. The largest absolute Gasteiger partial charge is 0.323 e. The molecule has 134 valence electrons.